The molecular formula is C7H10ClNOS2. The predicted octanol–water partition coefficient (Wildman–Crippen LogP) is 2.19. The molecule has 0 spiro atoms. The minimum absolute atomic E-state index is 0.659. The molecule has 0 fully saturated rings. The first-order valence-corrected chi connectivity index (χ1v) is 6.45. The highest BCUT2D eigenvalue weighted by Gasteiger charge is 1.99. The highest BCUT2D eigenvalue weighted by molar-refractivity contribution is 7.84. The molecule has 1 rings (SSSR count). The maximum absolute atomic E-state index is 10.7. The highest BCUT2D eigenvalue weighted by atomic mass is 35.5. The zero-order valence-corrected chi connectivity index (χ0v) is 9.06. The summed E-state index contributed by atoms with van der Waals surface area (Å²) in [7, 11) is -0.736. The Morgan fingerprint density at radius 1 is 1.75 bits per heavy atom. The number of hydrogen-bond donors (Lipinski definition) is 1. The number of anilines is 1. The third-order valence-electron chi connectivity index (χ3n) is 1.32. The van der Waals surface area contributed by atoms with Gasteiger partial charge in [0.05, 0.1) is 5.69 Å². The first kappa shape index (κ1) is 10.0. The number of rotatable bonds is 4. The molecule has 1 aromatic rings. The Morgan fingerprint density at radius 2 is 2.50 bits per heavy atom. The normalized spacial score (nSPS) is 12.8. The number of nitrogens with one attached hydrogen (secondary N) is 1. The number of thiophene rings is 1. The summed E-state index contributed by atoms with van der Waals surface area (Å²) in [6, 6.07) is 1.92. The smallest absolute Gasteiger partial charge is 0.116 e. The number of halogens is 1. The highest BCUT2D eigenvalue weighted by Crippen LogP contribution is 2.27. The van der Waals surface area contributed by atoms with Crippen molar-refractivity contribution < 1.29 is 4.21 Å². The maximum atomic E-state index is 10.7. The molecule has 0 saturated heterocycles. The Hall–Kier alpha value is -0.0600. The van der Waals surface area contributed by atoms with Crippen molar-refractivity contribution in [3.8, 4) is 0 Å². The molecule has 1 aromatic heterocycles. The molecule has 1 unspecified atom stereocenters. The lowest BCUT2D eigenvalue weighted by Crippen LogP contribution is -2.09. The van der Waals surface area contributed by atoms with Crippen LogP contribution in [0, 0.1) is 0 Å². The fourth-order valence-corrected chi connectivity index (χ4v) is 2.01. The molecule has 0 aromatic carbocycles. The molecule has 2 nitrogen and oxygen atoms in total. The van der Waals surface area contributed by atoms with E-state index in [0.29, 0.717) is 12.3 Å². The van der Waals surface area contributed by atoms with Gasteiger partial charge in [-0.15, -0.1) is 11.3 Å². The van der Waals surface area contributed by atoms with Crippen LogP contribution in [0.25, 0.3) is 0 Å². The summed E-state index contributed by atoms with van der Waals surface area (Å²) in [6.45, 7) is 0.708. The van der Waals surface area contributed by atoms with Gasteiger partial charge in [-0.3, -0.25) is 4.21 Å². The van der Waals surface area contributed by atoms with Crippen molar-refractivity contribution in [2.45, 2.75) is 0 Å². The first-order valence-electron chi connectivity index (χ1n) is 3.47. The minimum Gasteiger partial charge on any atom is -0.382 e. The van der Waals surface area contributed by atoms with Gasteiger partial charge in [-0.05, 0) is 11.4 Å². The molecule has 0 radical (unpaired) electrons. The molecule has 0 bridgehead atoms. The second kappa shape index (κ2) is 4.84. The van der Waals surface area contributed by atoms with Crippen molar-refractivity contribution in [3.05, 3.63) is 15.8 Å². The van der Waals surface area contributed by atoms with E-state index in [1.165, 1.54) is 11.3 Å². The van der Waals surface area contributed by atoms with E-state index >= 15 is 0 Å². The molecule has 0 saturated carbocycles. The van der Waals surface area contributed by atoms with Crippen LogP contribution < -0.4 is 5.32 Å². The van der Waals surface area contributed by atoms with Gasteiger partial charge in [-0.1, -0.05) is 11.6 Å². The van der Waals surface area contributed by atoms with Crippen LogP contribution in [-0.2, 0) is 10.8 Å². The van der Waals surface area contributed by atoms with Gasteiger partial charge >= 0.3 is 0 Å². The molecule has 0 aliphatic heterocycles. The van der Waals surface area contributed by atoms with Crippen LogP contribution in [0.15, 0.2) is 11.4 Å². The Bertz CT molecular complexity index is 274. The van der Waals surface area contributed by atoms with Gasteiger partial charge in [0, 0.05) is 29.4 Å². The molecule has 0 aliphatic carbocycles. The number of hydrogen-bond acceptors (Lipinski definition) is 3. The van der Waals surface area contributed by atoms with Crippen LogP contribution >= 0.6 is 22.9 Å². The standard InChI is InChI=1S/C7H10ClNOS2/c1-12(10)5-3-9-6-2-4-11-7(6)8/h2,4,9H,3,5H2,1H3. The third kappa shape index (κ3) is 3.13. The van der Waals surface area contributed by atoms with Gasteiger partial charge in [0.25, 0.3) is 0 Å². The second-order valence-electron chi connectivity index (χ2n) is 2.31. The Kier molecular flexibility index (Phi) is 4.05. The molecule has 0 aliphatic rings. The van der Waals surface area contributed by atoms with Gasteiger partial charge < -0.3 is 5.32 Å². The Balaban J connectivity index is 2.33. The van der Waals surface area contributed by atoms with E-state index < -0.39 is 10.8 Å². The van der Waals surface area contributed by atoms with Crippen LogP contribution in [0.5, 0.6) is 0 Å². The SMILES string of the molecule is CS(=O)CCNc1ccsc1Cl. The van der Waals surface area contributed by atoms with Gasteiger partial charge in [-0.25, -0.2) is 0 Å². The summed E-state index contributed by atoms with van der Waals surface area (Å²) in [6.07, 6.45) is 1.69. The molecule has 1 heterocycles. The van der Waals surface area contributed by atoms with Gasteiger partial charge in [0.15, 0.2) is 0 Å². The zero-order valence-electron chi connectivity index (χ0n) is 6.67. The summed E-state index contributed by atoms with van der Waals surface area (Å²) in [4.78, 5) is 0. The molecule has 68 valence electrons. The minimum atomic E-state index is -0.736. The van der Waals surface area contributed by atoms with Gasteiger partial charge in [0.1, 0.15) is 4.34 Å². The van der Waals surface area contributed by atoms with Crippen LogP contribution in [0.4, 0.5) is 5.69 Å². The third-order valence-corrected chi connectivity index (χ3v) is 3.27. The largest absolute Gasteiger partial charge is 0.382 e. The van der Waals surface area contributed by atoms with Crippen molar-refractivity contribution in [1.82, 2.24) is 0 Å². The van der Waals surface area contributed by atoms with E-state index in [1.54, 1.807) is 6.26 Å². The van der Waals surface area contributed by atoms with E-state index in [2.05, 4.69) is 5.32 Å². The molecule has 0 amide bonds. The molecular weight excluding hydrogens is 214 g/mol. The van der Waals surface area contributed by atoms with Crippen LogP contribution in [-0.4, -0.2) is 22.8 Å². The fraction of sp³-hybridized carbons (Fsp3) is 0.429. The summed E-state index contributed by atoms with van der Waals surface area (Å²) < 4.78 is 11.5. The average molecular weight is 224 g/mol. The van der Waals surface area contributed by atoms with Crippen molar-refractivity contribution in [1.29, 1.82) is 0 Å². The molecule has 12 heavy (non-hydrogen) atoms. The van der Waals surface area contributed by atoms with Gasteiger partial charge in [-0.2, -0.15) is 0 Å². The van der Waals surface area contributed by atoms with Crippen molar-refractivity contribution in [3.63, 3.8) is 0 Å². The van der Waals surface area contributed by atoms with Gasteiger partial charge in [0.2, 0.25) is 0 Å². The summed E-state index contributed by atoms with van der Waals surface area (Å²) in [5.74, 6) is 0.659. The monoisotopic (exact) mass is 223 g/mol. The van der Waals surface area contributed by atoms with Crippen molar-refractivity contribution >= 4 is 39.4 Å². The first-order chi connectivity index (χ1) is 5.70. The average Bonchev–Trinajstić information content (AvgIpc) is 2.36. The van der Waals surface area contributed by atoms with Crippen molar-refractivity contribution in [2.24, 2.45) is 0 Å². The Labute approximate surface area is 83.4 Å². The van der Waals surface area contributed by atoms with Crippen LogP contribution in [0.3, 0.4) is 0 Å². The van der Waals surface area contributed by atoms with Crippen molar-refractivity contribution in [2.75, 3.05) is 23.9 Å². The molecule has 1 atom stereocenters. The quantitative estimate of drug-likeness (QED) is 0.848. The predicted molar refractivity (Wildman–Crippen MR) is 56.8 cm³/mol. The van der Waals surface area contributed by atoms with E-state index in [4.69, 9.17) is 11.6 Å². The topological polar surface area (TPSA) is 29.1 Å². The fourth-order valence-electron chi connectivity index (χ4n) is 0.749. The molecule has 1 N–H and O–H groups in total. The molecule has 5 heteroatoms. The lowest BCUT2D eigenvalue weighted by Gasteiger charge is -2.01. The van der Waals surface area contributed by atoms with E-state index in [9.17, 15) is 4.21 Å². The summed E-state index contributed by atoms with van der Waals surface area (Å²) in [5.41, 5.74) is 0.937. The van der Waals surface area contributed by atoms with E-state index in [1.807, 2.05) is 11.4 Å². The van der Waals surface area contributed by atoms with E-state index in [-0.39, 0.29) is 0 Å². The Morgan fingerprint density at radius 3 is 3.00 bits per heavy atom. The summed E-state index contributed by atoms with van der Waals surface area (Å²) in [5, 5.41) is 5.03. The van der Waals surface area contributed by atoms with Crippen LogP contribution in [0.2, 0.25) is 4.34 Å². The van der Waals surface area contributed by atoms with E-state index in [0.717, 1.165) is 10.0 Å². The second-order valence-corrected chi connectivity index (χ2v) is 5.38. The van der Waals surface area contributed by atoms with Crippen LogP contribution in [0.1, 0.15) is 0 Å². The summed E-state index contributed by atoms with van der Waals surface area (Å²) >= 11 is 7.33. The lowest BCUT2D eigenvalue weighted by atomic mass is 10.5. The zero-order chi connectivity index (χ0) is 8.97. The maximum Gasteiger partial charge on any atom is 0.116 e. The lowest BCUT2D eigenvalue weighted by molar-refractivity contribution is 0.687.